The van der Waals surface area contributed by atoms with Crippen LogP contribution in [0.25, 0.3) is 0 Å². The third-order valence-electron chi connectivity index (χ3n) is 1.37. The van der Waals surface area contributed by atoms with Crippen LogP contribution in [0.15, 0.2) is 0 Å². The molecule has 14 heavy (non-hydrogen) atoms. The van der Waals surface area contributed by atoms with Gasteiger partial charge in [-0.3, -0.25) is 4.79 Å². The van der Waals surface area contributed by atoms with Gasteiger partial charge in [0.1, 0.15) is 0 Å². The van der Waals surface area contributed by atoms with Crippen LogP contribution >= 0.6 is 11.6 Å². The van der Waals surface area contributed by atoms with Crippen molar-refractivity contribution in [3.05, 3.63) is 10.8 Å². The number of nitrogens with zero attached hydrogens (tertiary/aromatic N) is 2. The van der Waals surface area contributed by atoms with Gasteiger partial charge in [-0.15, -0.1) is 0 Å². The number of hydrogen-bond acceptors (Lipinski definition) is 5. The molecule has 0 aliphatic rings. The van der Waals surface area contributed by atoms with Crippen LogP contribution in [0.4, 0.5) is 5.82 Å². The average Bonchev–Trinajstić information content (AvgIpc) is 2.10. The number of primary amides is 1. The predicted octanol–water partition coefficient (Wildman–Crippen LogP) is 0.210. The zero-order valence-electron chi connectivity index (χ0n) is 7.45. The molecule has 7 heteroatoms. The molecule has 0 aromatic carbocycles. The van der Waals surface area contributed by atoms with Gasteiger partial charge >= 0.3 is 0 Å². The molecule has 1 rings (SSSR count). The minimum atomic E-state index is -0.778. The van der Waals surface area contributed by atoms with E-state index in [0.717, 1.165) is 0 Å². The molecule has 0 atom stereocenters. The van der Waals surface area contributed by atoms with Gasteiger partial charge in [-0.05, 0) is 6.92 Å². The fraction of sp³-hybridized carbons (Fsp3) is 0.286. The zero-order valence-corrected chi connectivity index (χ0v) is 8.21. The van der Waals surface area contributed by atoms with Gasteiger partial charge in [0, 0.05) is 0 Å². The molecule has 1 amide bonds. The highest BCUT2D eigenvalue weighted by Gasteiger charge is 2.14. The number of nitrogen functional groups attached to an aromatic ring is 1. The summed E-state index contributed by atoms with van der Waals surface area (Å²) in [6.45, 7) is 2.14. The smallest absolute Gasteiger partial charge is 0.271 e. The number of halogens is 1. The molecule has 1 heterocycles. The van der Waals surface area contributed by atoms with Crippen LogP contribution in [0.2, 0.25) is 5.15 Å². The Morgan fingerprint density at radius 2 is 2.21 bits per heavy atom. The predicted molar refractivity (Wildman–Crippen MR) is 51.1 cm³/mol. The standard InChI is InChI=1S/C7H9ClN4O2/c1-2-14-7-4(8)11-3(6(10)13)5(9)12-7/h2H2,1H3,(H2,9,12)(H2,10,13). The number of carbonyl (C=O) groups excluding carboxylic acids is 1. The highest BCUT2D eigenvalue weighted by molar-refractivity contribution is 6.30. The summed E-state index contributed by atoms with van der Waals surface area (Å²) in [6, 6.07) is 0. The molecule has 0 radical (unpaired) electrons. The zero-order chi connectivity index (χ0) is 10.7. The molecule has 0 bridgehead atoms. The number of anilines is 1. The Hall–Kier alpha value is -1.56. The Bertz CT molecular complexity index is 369. The van der Waals surface area contributed by atoms with Gasteiger partial charge in [-0.2, -0.15) is 4.98 Å². The van der Waals surface area contributed by atoms with E-state index in [1.807, 2.05) is 0 Å². The monoisotopic (exact) mass is 216 g/mol. The Balaban J connectivity index is 3.17. The van der Waals surface area contributed by atoms with Gasteiger partial charge in [-0.1, -0.05) is 11.6 Å². The second-order valence-corrected chi connectivity index (χ2v) is 2.71. The Morgan fingerprint density at radius 3 is 2.71 bits per heavy atom. The molecular formula is C7H9ClN4O2. The van der Waals surface area contributed by atoms with Crippen LogP contribution < -0.4 is 16.2 Å². The second kappa shape index (κ2) is 4.10. The number of carbonyl (C=O) groups is 1. The summed E-state index contributed by atoms with van der Waals surface area (Å²) in [6.07, 6.45) is 0. The summed E-state index contributed by atoms with van der Waals surface area (Å²) in [5.74, 6) is -0.776. The number of amides is 1. The largest absolute Gasteiger partial charge is 0.476 e. The first-order valence-corrected chi connectivity index (χ1v) is 4.19. The topological polar surface area (TPSA) is 104 Å². The van der Waals surface area contributed by atoms with E-state index in [1.54, 1.807) is 6.92 Å². The van der Waals surface area contributed by atoms with Gasteiger partial charge in [0.05, 0.1) is 6.61 Å². The SMILES string of the molecule is CCOc1nc(N)c(C(N)=O)nc1Cl. The van der Waals surface area contributed by atoms with Crippen molar-refractivity contribution in [1.29, 1.82) is 0 Å². The summed E-state index contributed by atoms with van der Waals surface area (Å²) in [7, 11) is 0. The van der Waals surface area contributed by atoms with E-state index in [-0.39, 0.29) is 22.5 Å². The van der Waals surface area contributed by atoms with E-state index in [9.17, 15) is 4.79 Å². The molecule has 0 spiro atoms. The van der Waals surface area contributed by atoms with Crippen molar-refractivity contribution >= 4 is 23.3 Å². The van der Waals surface area contributed by atoms with Crippen molar-refractivity contribution < 1.29 is 9.53 Å². The summed E-state index contributed by atoms with van der Waals surface area (Å²) in [4.78, 5) is 18.2. The highest BCUT2D eigenvalue weighted by Crippen LogP contribution is 2.22. The lowest BCUT2D eigenvalue weighted by atomic mass is 10.4. The number of nitrogens with two attached hydrogens (primary N) is 2. The van der Waals surface area contributed by atoms with Gasteiger partial charge in [0.25, 0.3) is 11.8 Å². The first-order chi connectivity index (χ1) is 6.56. The fourth-order valence-corrected chi connectivity index (χ4v) is 1.00. The maximum Gasteiger partial charge on any atom is 0.271 e. The van der Waals surface area contributed by atoms with Crippen LogP contribution in [-0.2, 0) is 0 Å². The van der Waals surface area contributed by atoms with E-state index in [4.69, 9.17) is 27.8 Å². The quantitative estimate of drug-likeness (QED) is 0.752. The number of hydrogen-bond donors (Lipinski definition) is 2. The van der Waals surface area contributed by atoms with E-state index in [1.165, 1.54) is 0 Å². The van der Waals surface area contributed by atoms with Gasteiger partial charge in [-0.25, -0.2) is 4.98 Å². The molecule has 76 valence electrons. The molecule has 0 unspecified atom stereocenters. The van der Waals surface area contributed by atoms with Crippen LogP contribution in [0.1, 0.15) is 17.4 Å². The normalized spacial score (nSPS) is 9.86. The second-order valence-electron chi connectivity index (χ2n) is 2.35. The molecule has 4 N–H and O–H groups in total. The summed E-state index contributed by atoms with van der Waals surface area (Å²) >= 11 is 5.66. The number of ether oxygens (including phenoxy) is 1. The molecule has 1 aromatic rings. The summed E-state index contributed by atoms with van der Waals surface area (Å²) < 4.78 is 5.01. The van der Waals surface area contributed by atoms with Gasteiger partial charge < -0.3 is 16.2 Å². The Morgan fingerprint density at radius 1 is 1.57 bits per heavy atom. The van der Waals surface area contributed by atoms with E-state index >= 15 is 0 Å². The Labute approximate surface area is 85.2 Å². The van der Waals surface area contributed by atoms with Crippen LogP contribution in [-0.4, -0.2) is 22.5 Å². The first kappa shape index (κ1) is 10.5. The van der Waals surface area contributed by atoms with Gasteiger partial charge in [0.2, 0.25) is 0 Å². The molecule has 0 aliphatic heterocycles. The average molecular weight is 217 g/mol. The van der Waals surface area contributed by atoms with Crippen molar-refractivity contribution in [2.75, 3.05) is 12.3 Å². The first-order valence-electron chi connectivity index (χ1n) is 3.81. The third-order valence-corrected chi connectivity index (χ3v) is 1.61. The van der Waals surface area contributed by atoms with Crippen LogP contribution in [0.3, 0.4) is 0 Å². The maximum absolute atomic E-state index is 10.8. The van der Waals surface area contributed by atoms with E-state index in [0.29, 0.717) is 6.61 Å². The molecule has 0 saturated carbocycles. The van der Waals surface area contributed by atoms with Crippen molar-refractivity contribution in [3.8, 4) is 5.88 Å². The van der Waals surface area contributed by atoms with Crippen molar-refractivity contribution in [2.24, 2.45) is 5.73 Å². The van der Waals surface area contributed by atoms with Crippen molar-refractivity contribution in [3.63, 3.8) is 0 Å². The molecule has 0 saturated heterocycles. The summed E-state index contributed by atoms with van der Waals surface area (Å²) in [5, 5.41) is -0.0325. The Kier molecular flexibility index (Phi) is 3.08. The van der Waals surface area contributed by atoms with Crippen molar-refractivity contribution in [1.82, 2.24) is 9.97 Å². The molecule has 0 fully saturated rings. The fourth-order valence-electron chi connectivity index (χ4n) is 0.822. The maximum atomic E-state index is 10.8. The molecule has 1 aromatic heterocycles. The number of rotatable bonds is 3. The summed E-state index contributed by atoms with van der Waals surface area (Å²) in [5.41, 5.74) is 10.2. The minimum absolute atomic E-state index is 0.0325. The molecular weight excluding hydrogens is 208 g/mol. The third kappa shape index (κ3) is 2.02. The lowest BCUT2D eigenvalue weighted by Gasteiger charge is -2.06. The highest BCUT2D eigenvalue weighted by atomic mass is 35.5. The van der Waals surface area contributed by atoms with Crippen LogP contribution in [0, 0.1) is 0 Å². The minimum Gasteiger partial charge on any atom is -0.476 e. The van der Waals surface area contributed by atoms with E-state index < -0.39 is 5.91 Å². The number of aromatic nitrogens is 2. The van der Waals surface area contributed by atoms with Crippen molar-refractivity contribution in [2.45, 2.75) is 6.92 Å². The van der Waals surface area contributed by atoms with Crippen LogP contribution in [0.5, 0.6) is 5.88 Å². The molecule has 6 nitrogen and oxygen atoms in total. The molecule has 0 aliphatic carbocycles. The van der Waals surface area contributed by atoms with E-state index in [2.05, 4.69) is 9.97 Å². The van der Waals surface area contributed by atoms with Gasteiger partial charge in [0.15, 0.2) is 16.7 Å². The lowest BCUT2D eigenvalue weighted by Crippen LogP contribution is -2.17. The lowest BCUT2D eigenvalue weighted by molar-refractivity contribution is 0.0996.